The van der Waals surface area contributed by atoms with E-state index in [-0.39, 0.29) is 18.3 Å². The highest BCUT2D eigenvalue weighted by Crippen LogP contribution is 1.83. The molecular weight excluding hydrogens is 296 g/mol. The molecule has 22 heavy (non-hydrogen) atoms. The van der Waals surface area contributed by atoms with Crippen molar-refractivity contribution in [2.24, 2.45) is 0 Å². The summed E-state index contributed by atoms with van der Waals surface area (Å²) in [5, 5.41) is 39.6. The minimum atomic E-state index is -0.981. The molecule has 0 bridgehead atoms. The van der Waals surface area contributed by atoms with Gasteiger partial charge in [-0.3, -0.25) is 0 Å². The maximum absolute atomic E-state index is 9.60. The first-order valence-corrected chi connectivity index (χ1v) is 5.84. The summed E-state index contributed by atoms with van der Waals surface area (Å²) in [5.74, 6) is -2.90. The third-order valence-electron chi connectivity index (χ3n) is 1.26. The fourth-order valence-electron chi connectivity index (χ4n) is 0.187. The van der Waals surface area contributed by atoms with Crippen molar-refractivity contribution in [1.82, 2.24) is 0 Å². The van der Waals surface area contributed by atoms with Crippen LogP contribution in [-0.2, 0) is 14.4 Å². The van der Waals surface area contributed by atoms with Crippen LogP contribution in [-0.4, -0.2) is 56.2 Å². The fraction of sp³-hybridized carbons (Fsp3) is 0.357. The summed E-state index contributed by atoms with van der Waals surface area (Å²) >= 11 is 0. The molecule has 0 rings (SSSR count). The largest absolute Gasteiger partial charge is 0.478 e. The van der Waals surface area contributed by atoms with Crippen LogP contribution in [0.4, 0.5) is 0 Å². The molecule has 128 valence electrons. The Morgan fingerprint density at radius 2 is 1.27 bits per heavy atom. The monoisotopic (exact) mass is 320 g/mol. The van der Waals surface area contributed by atoms with E-state index in [4.69, 9.17) is 25.5 Å². The Morgan fingerprint density at radius 1 is 1.05 bits per heavy atom. The van der Waals surface area contributed by atoms with Crippen molar-refractivity contribution in [3.8, 4) is 0 Å². The third kappa shape index (κ3) is 65.8. The standard InChI is InChI=1S/C4H10O2.C4H6O2.2C3H4O2/c1-4(6)2-3-5;1-3(2)4(5)6;2*1-2-3(4)5/h4-6H,2-3H2,1H3;1H2,2H3,(H,5,6);2*2H,1H2,(H,4,5). The lowest BCUT2D eigenvalue weighted by Gasteiger charge is -1.95. The number of aliphatic carboxylic acids is 3. The molecule has 1 atom stereocenters. The molecule has 8 heteroatoms. The predicted octanol–water partition coefficient (Wildman–Crippen LogP) is 0.911. The van der Waals surface area contributed by atoms with E-state index in [9.17, 15) is 14.4 Å². The van der Waals surface area contributed by atoms with Crippen molar-refractivity contribution in [3.05, 3.63) is 37.5 Å². The van der Waals surface area contributed by atoms with Crippen LogP contribution in [0.1, 0.15) is 20.3 Å². The number of carbonyl (C=O) groups is 3. The molecule has 0 amide bonds. The van der Waals surface area contributed by atoms with Crippen LogP contribution in [0, 0.1) is 0 Å². The van der Waals surface area contributed by atoms with E-state index in [2.05, 4.69) is 19.7 Å². The van der Waals surface area contributed by atoms with Crippen molar-refractivity contribution in [2.75, 3.05) is 6.61 Å². The molecule has 0 aliphatic heterocycles. The Labute approximate surface area is 129 Å². The Bertz CT molecular complexity index is 328. The topological polar surface area (TPSA) is 152 Å². The predicted molar refractivity (Wildman–Crippen MR) is 81.5 cm³/mol. The lowest BCUT2D eigenvalue weighted by Crippen LogP contribution is -2.00. The van der Waals surface area contributed by atoms with Crippen LogP contribution in [0.5, 0.6) is 0 Å². The van der Waals surface area contributed by atoms with Crippen LogP contribution >= 0.6 is 0 Å². The minimum absolute atomic E-state index is 0.0810. The molecule has 0 aliphatic carbocycles. The molecule has 0 heterocycles. The Morgan fingerprint density at radius 3 is 1.27 bits per heavy atom. The first kappa shape index (κ1) is 27.8. The summed E-state index contributed by atoms with van der Waals surface area (Å²) in [7, 11) is 0. The highest BCUT2D eigenvalue weighted by molar-refractivity contribution is 5.84. The zero-order valence-corrected chi connectivity index (χ0v) is 12.7. The van der Waals surface area contributed by atoms with Gasteiger partial charge in [0.15, 0.2) is 0 Å². The fourth-order valence-corrected chi connectivity index (χ4v) is 0.187. The van der Waals surface area contributed by atoms with Gasteiger partial charge in [-0.25, -0.2) is 14.4 Å². The normalized spacial score (nSPS) is 8.91. The van der Waals surface area contributed by atoms with Crippen LogP contribution in [0.25, 0.3) is 0 Å². The van der Waals surface area contributed by atoms with Crippen LogP contribution in [0.15, 0.2) is 37.5 Å². The molecule has 0 aliphatic rings. The van der Waals surface area contributed by atoms with Crippen molar-refractivity contribution in [3.63, 3.8) is 0 Å². The number of aliphatic hydroxyl groups excluding tert-OH is 2. The SMILES string of the molecule is C=C(C)C(=O)O.C=CC(=O)O.C=CC(=O)O.CC(O)CCO. The zero-order valence-electron chi connectivity index (χ0n) is 12.7. The van der Waals surface area contributed by atoms with Gasteiger partial charge in [-0.05, 0) is 20.3 Å². The molecule has 5 N–H and O–H groups in total. The van der Waals surface area contributed by atoms with E-state index in [0.29, 0.717) is 6.42 Å². The minimum Gasteiger partial charge on any atom is -0.478 e. The van der Waals surface area contributed by atoms with Crippen LogP contribution in [0.3, 0.4) is 0 Å². The van der Waals surface area contributed by atoms with Gasteiger partial charge in [0.2, 0.25) is 0 Å². The number of hydrogen-bond donors (Lipinski definition) is 5. The van der Waals surface area contributed by atoms with E-state index in [1.54, 1.807) is 6.92 Å². The second kappa shape index (κ2) is 20.9. The molecule has 0 spiro atoms. The Kier molecular flexibility index (Phi) is 26.4. The van der Waals surface area contributed by atoms with Crippen molar-refractivity contribution < 1.29 is 39.9 Å². The molecule has 0 saturated heterocycles. The first-order chi connectivity index (χ1) is 9.95. The summed E-state index contributed by atoms with van der Waals surface area (Å²) in [6, 6.07) is 0. The maximum Gasteiger partial charge on any atom is 0.330 e. The second-order valence-corrected chi connectivity index (χ2v) is 3.53. The molecular formula is C14H24O8. The van der Waals surface area contributed by atoms with Crippen LogP contribution < -0.4 is 0 Å². The van der Waals surface area contributed by atoms with E-state index in [1.165, 1.54) is 6.92 Å². The first-order valence-electron chi connectivity index (χ1n) is 5.84. The highest BCUT2D eigenvalue weighted by atomic mass is 16.4. The second-order valence-electron chi connectivity index (χ2n) is 3.53. The lowest BCUT2D eigenvalue weighted by atomic mass is 10.3. The number of hydrogen-bond acceptors (Lipinski definition) is 5. The molecule has 0 radical (unpaired) electrons. The van der Waals surface area contributed by atoms with Crippen LogP contribution in [0.2, 0.25) is 0 Å². The third-order valence-corrected chi connectivity index (χ3v) is 1.26. The van der Waals surface area contributed by atoms with Gasteiger partial charge in [-0.2, -0.15) is 0 Å². The average molecular weight is 320 g/mol. The summed E-state index contributed by atoms with van der Waals surface area (Å²) < 4.78 is 0. The van der Waals surface area contributed by atoms with Crippen molar-refractivity contribution in [1.29, 1.82) is 0 Å². The zero-order chi connectivity index (χ0) is 18.7. The van der Waals surface area contributed by atoms with Gasteiger partial charge < -0.3 is 25.5 Å². The van der Waals surface area contributed by atoms with E-state index < -0.39 is 17.9 Å². The number of rotatable bonds is 5. The van der Waals surface area contributed by atoms with E-state index in [1.807, 2.05) is 0 Å². The molecule has 0 aromatic rings. The summed E-state index contributed by atoms with van der Waals surface area (Å²) in [6.45, 7) is 12.3. The number of carboxylic acids is 3. The Hall–Kier alpha value is -2.45. The molecule has 0 fully saturated rings. The summed E-state index contributed by atoms with van der Waals surface area (Å²) in [5.41, 5.74) is 0.176. The van der Waals surface area contributed by atoms with Gasteiger partial charge >= 0.3 is 17.9 Å². The number of carboxylic acid groups (broad SMARTS) is 3. The van der Waals surface area contributed by atoms with E-state index >= 15 is 0 Å². The van der Waals surface area contributed by atoms with Gasteiger partial charge in [0, 0.05) is 24.3 Å². The van der Waals surface area contributed by atoms with Gasteiger partial charge in [-0.1, -0.05) is 19.7 Å². The average Bonchev–Trinajstić information content (AvgIpc) is 2.40. The molecule has 1 unspecified atom stereocenters. The van der Waals surface area contributed by atoms with Gasteiger partial charge in [0.05, 0.1) is 6.10 Å². The lowest BCUT2D eigenvalue weighted by molar-refractivity contribution is -0.133. The maximum atomic E-state index is 9.60. The van der Waals surface area contributed by atoms with Crippen molar-refractivity contribution in [2.45, 2.75) is 26.4 Å². The molecule has 0 aromatic heterocycles. The smallest absolute Gasteiger partial charge is 0.330 e. The summed E-state index contributed by atoms with van der Waals surface area (Å²) in [4.78, 5) is 28.1. The van der Waals surface area contributed by atoms with Crippen molar-refractivity contribution >= 4 is 17.9 Å². The molecule has 0 aromatic carbocycles. The quantitative estimate of drug-likeness (QED) is 0.469. The van der Waals surface area contributed by atoms with E-state index in [0.717, 1.165) is 12.2 Å². The molecule has 8 nitrogen and oxygen atoms in total. The summed E-state index contributed by atoms with van der Waals surface area (Å²) in [6.07, 6.45) is 1.80. The molecule has 0 saturated carbocycles. The Balaban J connectivity index is -0.0000000986. The van der Waals surface area contributed by atoms with Gasteiger partial charge in [0.1, 0.15) is 0 Å². The van der Waals surface area contributed by atoms with Gasteiger partial charge in [-0.15, -0.1) is 0 Å². The highest BCUT2D eigenvalue weighted by Gasteiger charge is 1.90. The number of aliphatic hydroxyl groups is 2. The van der Waals surface area contributed by atoms with Gasteiger partial charge in [0.25, 0.3) is 0 Å².